The monoisotopic (exact) mass is 367 g/mol. The van der Waals surface area contributed by atoms with E-state index in [1.807, 2.05) is 0 Å². The number of aromatic nitrogens is 2. The third-order valence-electron chi connectivity index (χ3n) is 3.90. The van der Waals surface area contributed by atoms with Gasteiger partial charge in [-0.15, -0.1) is 6.42 Å². The van der Waals surface area contributed by atoms with Crippen molar-refractivity contribution in [2.45, 2.75) is 37.0 Å². The number of anilines is 1. The molecule has 11 nitrogen and oxygen atoms in total. The standard InChI is InChI=1S/C15H21N5O6/c1-3-15(24)9(6-25-7-18-12(22)8(2)16)26-13(11(15)21)20-5-4-10(17)19-14(20)23/h1,4-5,8-9,11,13,21,24H,6-7,16H2,2H3,(H,18,22)(H2,17,19,23)/t8-,9+,11-,13+,15+/m0/s1. The van der Waals surface area contributed by atoms with E-state index >= 15 is 0 Å². The first-order chi connectivity index (χ1) is 12.2. The van der Waals surface area contributed by atoms with E-state index in [4.69, 9.17) is 27.4 Å². The molecule has 7 N–H and O–H groups in total. The molecule has 2 heterocycles. The highest BCUT2D eigenvalue weighted by Crippen LogP contribution is 2.36. The first-order valence-electron chi connectivity index (χ1n) is 7.70. The van der Waals surface area contributed by atoms with Gasteiger partial charge >= 0.3 is 5.69 Å². The van der Waals surface area contributed by atoms with Crippen molar-refractivity contribution in [2.24, 2.45) is 5.73 Å². The van der Waals surface area contributed by atoms with Gasteiger partial charge in [0, 0.05) is 6.20 Å². The summed E-state index contributed by atoms with van der Waals surface area (Å²) >= 11 is 0. The Bertz CT molecular complexity index is 760. The first kappa shape index (κ1) is 19.8. The molecule has 1 aliphatic rings. The van der Waals surface area contributed by atoms with Crippen molar-refractivity contribution in [3.8, 4) is 12.3 Å². The number of carbonyl (C=O) groups excluding carboxylic acids is 1. The second-order valence-electron chi connectivity index (χ2n) is 5.82. The molecule has 0 aromatic carbocycles. The van der Waals surface area contributed by atoms with Crippen molar-refractivity contribution in [1.82, 2.24) is 14.9 Å². The van der Waals surface area contributed by atoms with Crippen LogP contribution in [0.2, 0.25) is 0 Å². The minimum atomic E-state index is -2.11. The molecule has 0 unspecified atom stereocenters. The predicted octanol–water partition coefficient (Wildman–Crippen LogP) is -3.11. The highest BCUT2D eigenvalue weighted by atomic mass is 16.6. The lowest BCUT2D eigenvalue weighted by molar-refractivity contribution is -0.125. The molecule has 1 saturated heterocycles. The zero-order valence-electron chi connectivity index (χ0n) is 14.0. The number of nitrogens with zero attached hydrogens (tertiary/aromatic N) is 2. The van der Waals surface area contributed by atoms with Gasteiger partial charge in [0.25, 0.3) is 0 Å². The van der Waals surface area contributed by atoms with Crippen LogP contribution in [0.5, 0.6) is 0 Å². The molecule has 1 amide bonds. The molecule has 5 atom stereocenters. The highest BCUT2D eigenvalue weighted by Gasteiger charge is 2.55. The van der Waals surface area contributed by atoms with E-state index < -0.39 is 41.7 Å². The number of hydrogen-bond donors (Lipinski definition) is 5. The molecule has 1 aliphatic heterocycles. The number of terminal acetylenes is 1. The summed E-state index contributed by atoms with van der Waals surface area (Å²) in [7, 11) is 0. The molecule has 11 heteroatoms. The second-order valence-corrected chi connectivity index (χ2v) is 5.82. The quantitative estimate of drug-likeness (QED) is 0.198. The molecule has 1 aromatic heterocycles. The van der Waals surface area contributed by atoms with E-state index in [1.165, 1.54) is 19.2 Å². The Morgan fingerprint density at radius 2 is 2.38 bits per heavy atom. The van der Waals surface area contributed by atoms with Crippen LogP contribution in [0.3, 0.4) is 0 Å². The molecule has 0 saturated carbocycles. The van der Waals surface area contributed by atoms with E-state index in [-0.39, 0.29) is 19.2 Å². The van der Waals surface area contributed by atoms with Crippen LogP contribution in [-0.2, 0) is 14.3 Å². The lowest BCUT2D eigenvalue weighted by atomic mass is 9.93. The Labute approximate surface area is 148 Å². The van der Waals surface area contributed by atoms with E-state index in [0.717, 1.165) is 4.57 Å². The second kappa shape index (κ2) is 7.81. The summed E-state index contributed by atoms with van der Waals surface area (Å²) in [6.07, 6.45) is 2.53. The molecule has 142 valence electrons. The molecule has 0 spiro atoms. The van der Waals surface area contributed by atoms with E-state index in [0.29, 0.717) is 0 Å². The van der Waals surface area contributed by atoms with Crippen LogP contribution in [-0.4, -0.2) is 62.9 Å². The van der Waals surface area contributed by atoms with Crippen molar-refractivity contribution >= 4 is 11.7 Å². The molecular weight excluding hydrogens is 346 g/mol. The SMILES string of the molecule is C#C[C@@]1(O)[C@@H](COCNC(=O)[C@H](C)N)O[C@@H](n2ccc(N)nc2=O)[C@@H]1O. The number of amides is 1. The molecule has 0 bridgehead atoms. The lowest BCUT2D eigenvalue weighted by Crippen LogP contribution is -2.49. The fourth-order valence-corrected chi connectivity index (χ4v) is 2.39. The largest absolute Gasteiger partial charge is 0.384 e. The average molecular weight is 367 g/mol. The van der Waals surface area contributed by atoms with Crippen molar-refractivity contribution in [3.63, 3.8) is 0 Å². The third-order valence-corrected chi connectivity index (χ3v) is 3.90. The first-order valence-corrected chi connectivity index (χ1v) is 7.70. The molecule has 0 radical (unpaired) electrons. The summed E-state index contributed by atoms with van der Waals surface area (Å²) in [6, 6.07) is 0.625. The third kappa shape index (κ3) is 3.85. The van der Waals surface area contributed by atoms with Gasteiger partial charge in [-0.3, -0.25) is 9.36 Å². The van der Waals surface area contributed by atoms with E-state index in [2.05, 4.69) is 16.2 Å². The Morgan fingerprint density at radius 3 is 2.96 bits per heavy atom. The number of rotatable bonds is 6. The van der Waals surface area contributed by atoms with Gasteiger partial charge in [-0.1, -0.05) is 5.92 Å². The van der Waals surface area contributed by atoms with Gasteiger partial charge in [0.05, 0.1) is 12.6 Å². The van der Waals surface area contributed by atoms with Gasteiger partial charge in [0.15, 0.2) is 11.8 Å². The topological polar surface area (TPSA) is 175 Å². The molecular formula is C15H21N5O6. The maximum atomic E-state index is 11.9. The number of aliphatic hydroxyl groups excluding tert-OH is 1. The van der Waals surface area contributed by atoms with Crippen LogP contribution >= 0.6 is 0 Å². The lowest BCUT2D eigenvalue weighted by Gasteiger charge is -2.25. The summed E-state index contributed by atoms with van der Waals surface area (Å²) in [5.41, 5.74) is 7.92. The number of carbonyl (C=O) groups is 1. The molecule has 2 rings (SSSR count). The molecule has 26 heavy (non-hydrogen) atoms. The highest BCUT2D eigenvalue weighted by molar-refractivity contribution is 5.80. The van der Waals surface area contributed by atoms with Gasteiger partial charge in [-0.2, -0.15) is 4.98 Å². The van der Waals surface area contributed by atoms with Crippen molar-refractivity contribution in [2.75, 3.05) is 19.1 Å². The summed E-state index contributed by atoms with van der Waals surface area (Å²) in [4.78, 5) is 26.8. The van der Waals surface area contributed by atoms with Crippen molar-refractivity contribution < 1.29 is 24.5 Å². The molecule has 1 fully saturated rings. The summed E-state index contributed by atoms with van der Waals surface area (Å²) < 4.78 is 11.7. The van der Waals surface area contributed by atoms with Gasteiger partial charge in [0.1, 0.15) is 24.8 Å². The van der Waals surface area contributed by atoms with E-state index in [1.54, 1.807) is 0 Å². The minimum Gasteiger partial charge on any atom is -0.384 e. The minimum absolute atomic E-state index is 0.00398. The number of hydrogen-bond acceptors (Lipinski definition) is 9. The number of ether oxygens (including phenoxy) is 2. The maximum Gasteiger partial charge on any atom is 0.351 e. The Morgan fingerprint density at radius 1 is 1.69 bits per heavy atom. The summed E-state index contributed by atoms with van der Waals surface area (Å²) in [5.74, 6) is 1.64. The number of nitrogens with one attached hydrogen (secondary N) is 1. The van der Waals surface area contributed by atoms with Crippen LogP contribution in [0.25, 0.3) is 0 Å². The van der Waals surface area contributed by atoms with Gasteiger partial charge in [-0.05, 0) is 13.0 Å². The maximum absolute atomic E-state index is 11.9. The smallest absolute Gasteiger partial charge is 0.351 e. The number of nitrogens with two attached hydrogens (primary N) is 2. The molecule has 1 aromatic rings. The summed E-state index contributed by atoms with van der Waals surface area (Å²) in [6.45, 7) is 1.04. The van der Waals surface area contributed by atoms with Gasteiger partial charge in [-0.25, -0.2) is 4.79 Å². The predicted molar refractivity (Wildman–Crippen MR) is 89.2 cm³/mol. The van der Waals surface area contributed by atoms with Crippen LogP contribution in [0.15, 0.2) is 17.1 Å². The zero-order chi connectivity index (χ0) is 19.5. The summed E-state index contributed by atoms with van der Waals surface area (Å²) in [5, 5.41) is 23.3. The van der Waals surface area contributed by atoms with Crippen molar-refractivity contribution in [1.29, 1.82) is 0 Å². The number of nitrogen functional groups attached to an aromatic ring is 1. The van der Waals surface area contributed by atoms with Gasteiger partial charge in [0.2, 0.25) is 5.91 Å². The van der Waals surface area contributed by atoms with E-state index in [9.17, 15) is 19.8 Å². The zero-order valence-corrected chi connectivity index (χ0v) is 14.0. The van der Waals surface area contributed by atoms with Crippen LogP contribution < -0.4 is 22.5 Å². The van der Waals surface area contributed by atoms with Crippen LogP contribution in [0.4, 0.5) is 5.82 Å². The van der Waals surface area contributed by atoms with Crippen LogP contribution in [0.1, 0.15) is 13.2 Å². The normalized spacial score (nSPS) is 29.1. The van der Waals surface area contributed by atoms with Crippen LogP contribution in [0, 0.1) is 12.3 Å². The fourth-order valence-electron chi connectivity index (χ4n) is 2.39. The van der Waals surface area contributed by atoms with Gasteiger partial charge < -0.3 is 36.5 Å². The Kier molecular flexibility index (Phi) is 5.96. The average Bonchev–Trinajstić information content (AvgIpc) is 2.84. The van der Waals surface area contributed by atoms with Crippen molar-refractivity contribution in [3.05, 3.63) is 22.7 Å². The Hall–Kier alpha value is -2.49. The number of aliphatic hydroxyl groups is 2. The Balaban J connectivity index is 2.09. The molecule has 0 aliphatic carbocycles. The fraction of sp³-hybridized carbons (Fsp3) is 0.533.